The smallest absolute Gasteiger partial charge is 0.0950 e. The number of nitrogens with zero attached hydrogens (tertiary/aromatic N) is 3. The first kappa shape index (κ1) is 12.1. The van der Waals surface area contributed by atoms with Crippen LogP contribution in [0.3, 0.4) is 0 Å². The maximum absolute atomic E-state index is 4.24. The van der Waals surface area contributed by atoms with Gasteiger partial charge in [0.25, 0.3) is 0 Å². The molecule has 0 spiro atoms. The van der Waals surface area contributed by atoms with E-state index in [2.05, 4.69) is 46.4 Å². The topological polar surface area (TPSA) is 41.0 Å². The molecule has 4 rings (SSSR count). The lowest BCUT2D eigenvalue weighted by Gasteiger charge is -2.37. The predicted octanol–water partition coefficient (Wildman–Crippen LogP) is 2.06. The highest BCUT2D eigenvalue weighted by Gasteiger charge is 2.49. The van der Waals surface area contributed by atoms with Crippen molar-refractivity contribution in [2.45, 2.75) is 19.4 Å². The number of rotatable bonds is 1. The van der Waals surface area contributed by atoms with Crippen molar-refractivity contribution < 1.29 is 0 Å². The second-order valence-corrected chi connectivity index (χ2v) is 6.54. The van der Waals surface area contributed by atoms with E-state index in [0.29, 0.717) is 0 Å². The van der Waals surface area contributed by atoms with Gasteiger partial charge in [0.15, 0.2) is 0 Å². The average molecular weight is 268 g/mol. The number of fused-ring (bicyclic) bond motifs is 2. The van der Waals surface area contributed by atoms with Crippen molar-refractivity contribution >= 4 is 16.6 Å². The van der Waals surface area contributed by atoms with Crippen LogP contribution in [-0.2, 0) is 0 Å². The van der Waals surface area contributed by atoms with Gasteiger partial charge < -0.3 is 10.2 Å². The molecule has 0 amide bonds. The third-order valence-electron chi connectivity index (χ3n) is 5.18. The van der Waals surface area contributed by atoms with Gasteiger partial charge in [-0.2, -0.15) is 10.2 Å². The standard InChI is InChI=1S/C16H20N4/c1-16(2)13-8-17-7-11(13)10-20(16)15-9-18-19-14-6-4-3-5-12(14)15/h3-6,9,11,13,17H,7-8,10H2,1-2H3. The Morgan fingerprint density at radius 3 is 2.95 bits per heavy atom. The third-order valence-corrected chi connectivity index (χ3v) is 5.18. The summed E-state index contributed by atoms with van der Waals surface area (Å²) >= 11 is 0. The number of anilines is 1. The molecule has 20 heavy (non-hydrogen) atoms. The first-order valence-corrected chi connectivity index (χ1v) is 7.37. The summed E-state index contributed by atoms with van der Waals surface area (Å²) in [4.78, 5) is 2.54. The molecule has 2 aliphatic heterocycles. The van der Waals surface area contributed by atoms with Crippen LogP contribution in [0, 0.1) is 11.8 Å². The fraction of sp³-hybridized carbons (Fsp3) is 0.500. The SMILES string of the molecule is CC1(C)C2CNCC2CN1c1cnnc2ccccc12. The Hall–Kier alpha value is -1.68. The first-order chi connectivity index (χ1) is 9.68. The van der Waals surface area contributed by atoms with E-state index in [1.807, 2.05) is 18.3 Å². The molecule has 2 aliphatic rings. The molecular formula is C16H20N4. The van der Waals surface area contributed by atoms with Crippen LogP contribution >= 0.6 is 0 Å². The van der Waals surface area contributed by atoms with Gasteiger partial charge in [0, 0.05) is 30.6 Å². The molecule has 2 aromatic rings. The largest absolute Gasteiger partial charge is 0.364 e. The fourth-order valence-electron chi connectivity index (χ4n) is 4.04. The Morgan fingerprint density at radius 1 is 1.25 bits per heavy atom. The molecule has 0 saturated carbocycles. The normalized spacial score (nSPS) is 28.0. The number of benzene rings is 1. The number of nitrogens with one attached hydrogen (secondary N) is 1. The predicted molar refractivity (Wildman–Crippen MR) is 80.8 cm³/mol. The van der Waals surface area contributed by atoms with Crippen LogP contribution in [0.2, 0.25) is 0 Å². The van der Waals surface area contributed by atoms with Gasteiger partial charge >= 0.3 is 0 Å². The zero-order valence-electron chi connectivity index (χ0n) is 12.0. The Balaban J connectivity index is 1.84. The van der Waals surface area contributed by atoms with Crippen molar-refractivity contribution in [1.29, 1.82) is 0 Å². The van der Waals surface area contributed by atoms with Crippen LogP contribution in [-0.4, -0.2) is 35.4 Å². The lowest BCUT2D eigenvalue weighted by Crippen LogP contribution is -2.44. The maximum Gasteiger partial charge on any atom is 0.0950 e. The lowest BCUT2D eigenvalue weighted by atomic mass is 9.84. The van der Waals surface area contributed by atoms with E-state index in [0.717, 1.165) is 37.0 Å². The summed E-state index contributed by atoms with van der Waals surface area (Å²) in [6, 6.07) is 8.30. The van der Waals surface area contributed by atoms with E-state index in [9.17, 15) is 0 Å². The van der Waals surface area contributed by atoms with E-state index in [4.69, 9.17) is 0 Å². The Morgan fingerprint density at radius 2 is 2.10 bits per heavy atom. The molecule has 0 bridgehead atoms. The van der Waals surface area contributed by atoms with Gasteiger partial charge in [0.05, 0.1) is 17.4 Å². The van der Waals surface area contributed by atoms with Gasteiger partial charge in [-0.15, -0.1) is 0 Å². The molecule has 0 radical (unpaired) electrons. The van der Waals surface area contributed by atoms with Crippen molar-refractivity contribution in [3.63, 3.8) is 0 Å². The summed E-state index contributed by atoms with van der Waals surface area (Å²) < 4.78 is 0. The Kier molecular flexibility index (Phi) is 2.51. The summed E-state index contributed by atoms with van der Waals surface area (Å²) in [5.74, 6) is 1.46. The van der Waals surface area contributed by atoms with Gasteiger partial charge in [-0.3, -0.25) is 0 Å². The van der Waals surface area contributed by atoms with Crippen LogP contribution in [0.1, 0.15) is 13.8 Å². The minimum atomic E-state index is 0.167. The molecule has 4 heteroatoms. The summed E-state index contributed by atoms with van der Waals surface area (Å²) in [6.45, 7) is 8.10. The Labute approximate surface area is 119 Å². The molecule has 3 heterocycles. The minimum Gasteiger partial charge on any atom is -0.364 e. The number of hydrogen-bond donors (Lipinski definition) is 1. The van der Waals surface area contributed by atoms with Crippen molar-refractivity contribution in [2.24, 2.45) is 11.8 Å². The van der Waals surface area contributed by atoms with Crippen molar-refractivity contribution in [3.8, 4) is 0 Å². The molecular weight excluding hydrogens is 248 g/mol. The summed E-state index contributed by atoms with van der Waals surface area (Å²) in [5, 5.41) is 13.2. The molecule has 1 N–H and O–H groups in total. The molecule has 0 aliphatic carbocycles. The fourth-order valence-corrected chi connectivity index (χ4v) is 4.04. The van der Waals surface area contributed by atoms with E-state index >= 15 is 0 Å². The number of aromatic nitrogens is 2. The van der Waals surface area contributed by atoms with Gasteiger partial charge in [0.1, 0.15) is 0 Å². The van der Waals surface area contributed by atoms with Gasteiger partial charge in [0.2, 0.25) is 0 Å². The first-order valence-electron chi connectivity index (χ1n) is 7.37. The van der Waals surface area contributed by atoms with Crippen LogP contribution in [0.4, 0.5) is 5.69 Å². The molecule has 104 valence electrons. The van der Waals surface area contributed by atoms with Crippen LogP contribution in [0.25, 0.3) is 10.9 Å². The third kappa shape index (κ3) is 1.57. The van der Waals surface area contributed by atoms with Crippen LogP contribution < -0.4 is 10.2 Å². The van der Waals surface area contributed by atoms with E-state index in [-0.39, 0.29) is 5.54 Å². The van der Waals surface area contributed by atoms with E-state index in [1.165, 1.54) is 11.1 Å². The van der Waals surface area contributed by atoms with Crippen LogP contribution in [0.5, 0.6) is 0 Å². The second-order valence-electron chi connectivity index (χ2n) is 6.54. The molecule has 1 aromatic carbocycles. The highest BCUT2D eigenvalue weighted by atomic mass is 15.3. The van der Waals surface area contributed by atoms with E-state index < -0.39 is 0 Å². The monoisotopic (exact) mass is 268 g/mol. The van der Waals surface area contributed by atoms with Gasteiger partial charge in [-0.25, -0.2) is 0 Å². The van der Waals surface area contributed by atoms with Crippen molar-refractivity contribution in [3.05, 3.63) is 30.5 Å². The van der Waals surface area contributed by atoms with Crippen molar-refractivity contribution in [1.82, 2.24) is 15.5 Å². The summed E-state index contributed by atoms with van der Waals surface area (Å²) in [5.41, 5.74) is 2.38. The molecule has 2 unspecified atom stereocenters. The zero-order valence-corrected chi connectivity index (χ0v) is 12.0. The molecule has 4 nitrogen and oxygen atoms in total. The average Bonchev–Trinajstić information content (AvgIpc) is 3.01. The molecule has 2 atom stereocenters. The molecule has 1 aromatic heterocycles. The molecule has 2 fully saturated rings. The quantitative estimate of drug-likeness (QED) is 0.859. The van der Waals surface area contributed by atoms with Crippen molar-refractivity contribution in [2.75, 3.05) is 24.5 Å². The highest BCUT2D eigenvalue weighted by Crippen LogP contribution is 2.44. The summed E-state index contributed by atoms with van der Waals surface area (Å²) in [6.07, 6.45) is 1.93. The molecule has 2 saturated heterocycles. The minimum absolute atomic E-state index is 0.167. The van der Waals surface area contributed by atoms with Gasteiger partial charge in [-0.1, -0.05) is 18.2 Å². The maximum atomic E-state index is 4.24. The van der Waals surface area contributed by atoms with Gasteiger partial charge in [-0.05, 0) is 31.7 Å². The zero-order chi connectivity index (χ0) is 13.7. The number of hydrogen-bond acceptors (Lipinski definition) is 4. The Bertz CT molecular complexity index is 646. The van der Waals surface area contributed by atoms with E-state index in [1.54, 1.807) is 0 Å². The second kappa shape index (κ2) is 4.16. The highest BCUT2D eigenvalue weighted by molar-refractivity contribution is 5.91. The lowest BCUT2D eigenvalue weighted by molar-refractivity contribution is 0.357. The summed E-state index contributed by atoms with van der Waals surface area (Å²) in [7, 11) is 0. The van der Waals surface area contributed by atoms with Crippen LogP contribution in [0.15, 0.2) is 30.5 Å².